The van der Waals surface area contributed by atoms with Crippen molar-refractivity contribution in [3.05, 3.63) is 11.6 Å². The standard InChI is InChI=1S/C13H20N2O2/c1-9-5-11(14-7-9)10(8-16)6-12(17)15-13(2,3)4/h5,8,10H,6-7H2,1-4H3,(H,15,17)/t10-/m0/s1. The van der Waals surface area contributed by atoms with Crippen LogP contribution in [0, 0.1) is 5.92 Å². The molecule has 94 valence electrons. The van der Waals surface area contributed by atoms with Crippen LogP contribution in [0.25, 0.3) is 0 Å². The maximum Gasteiger partial charge on any atom is 0.221 e. The number of carbonyl (C=O) groups excluding carboxylic acids is 2. The smallest absolute Gasteiger partial charge is 0.221 e. The Bertz CT molecular complexity index is 375. The van der Waals surface area contributed by atoms with E-state index < -0.39 is 5.92 Å². The van der Waals surface area contributed by atoms with Gasteiger partial charge in [-0.1, -0.05) is 5.57 Å². The molecule has 4 nitrogen and oxygen atoms in total. The maximum atomic E-state index is 11.7. The minimum Gasteiger partial charge on any atom is -0.351 e. The molecule has 0 aromatic carbocycles. The van der Waals surface area contributed by atoms with Crippen molar-refractivity contribution in [3.63, 3.8) is 0 Å². The number of carbonyl (C=O) groups is 2. The summed E-state index contributed by atoms with van der Waals surface area (Å²) in [7, 11) is 0. The van der Waals surface area contributed by atoms with Gasteiger partial charge < -0.3 is 10.1 Å². The summed E-state index contributed by atoms with van der Waals surface area (Å²) >= 11 is 0. The number of nitrogens with one attached hydrogen (secondary N) is 1. The van der Waals surface area contributed by atoms with Crippen LogP contribution in [0.5, 0.6) is 0 Å². The topological polar surface area (TPSA) is 58.5 Å². The molecule has 17 heavy (non-hydrogen) atoms. The van der Waals surface area contributed by atoms with Gasteiger partial charge in [-0.25, -0.2) is 0 Å². The zero-order chi connectivity index (χ0) is 13.1. The molecule has 1 amide bonds. The summed E-state index contributed by atoms with van der Waals surface area (Å²) in [5, 5.41) is 2.85. The van der Waals surface area contributed by atoms with Crippen molar-refractivity contribution in [3.8, 4) is 0 Å². The number of amides is 1. The van der Waals surface area contributed by atoms with E-state index >= 15 is 0 Å². The van der Waals surface area contributed by atoms with Crippen LogP contribution in [0.15, 0.2) is 16.6 Å². The zero-order valence-corrected chi connectivity index (χ0v) is 10.9. The number of allylic oxidation sites excluding steroid dienone is 1. The zero-order valence-electron chi connectivity index (χ0n) is 10.9. The van der Waals surface area contributed by atoms with Crippen molar-refractivity contribution < 1.29 is 9.59 Å². The number of nitrogens with zero attached hydrogens (tertiary/aromatic N) is 1. The Morgan fingerprint density at radius 3 is 2.65 bits per heavy atom. The first-order chi connectivity index (χ1) is 7.81. The van der Waals surface area contributed by atoms with Gasteiger partial charge in [0.25, 0.3) is 0 Å². The largest absolute Gasteiger partial charge is 0.351 e. The first-order valence-electron chi connectivity index (χ1n) is 5.79. The Morgan fingerprint density at radius 2 is 2.24 bits per heavy atom. The number of hydrogen-bond acceptors (Lipinski definition) is 3. The van der Waals surface area contributed by atoms with Gasteiger partial charge in [-0.15, -0.1) is 0 Å². The second kappa shape index (κ2) is 5.25. The van der Waals surface area contributed by atoms with E-state index in [1.807, 2.05) is 33.8 Å². The molecule has 1 aliphatic heterocycles. The van der Waals surface area contributed by atoms with E-state index in [1.54, 1.807) is 0 Å². The van der Waals surface area contributed by atoms with E-state index in [0.29, 0.717) is 6.54 Å². The van der Waals surface area contributed by atoms with Crippen LogP contribution in [0.4, 0.5) is 0 Å². The van der Waals surface area contributed by atoms with Gasteiger partial charge in [0.2, 0.25) is 5.91 Å². The molecule has 1 atom stereocenters. The Kier molecular flexibility index (Phi) is 4.21. The molecule has 0 saturated heterocycles. The van der Waals surface area contributed by atoms with Crippen LogP contribution in [-0.2, 0) is 9.59 Å². The highest BCUT2D eigenvalue weighted by Crippen LogP contribution is 2.13. The van der Waals surface area contributed by atoms with Crippen LogP contribution >= 0.6 is 0 Å². The van der Waals surface area contributed by atoms with Gasteiger partial charge >= 0.3 is 0 Å². The number of rotatable bonds is 4. The van der Waals surface area contributed by atoms with Gasteiger partial charge in [0.15, 0.2) is 0 Å². The summed E-state index contributed by atoms with van der Waals surface area (Å²) in [6.45, 7) is 8.35. The molecule has 0 aliphatic carbocycles. The molecule has 4 heteroatoms. The molecule has 0 aromatic rings. The average molecular weight is 236 g/mol. The predicted molar refractivity (Wildman–Crippen MR) is 68.1 cm³/mol. The molecular weight excluding hydrogens is 216 g/mol. The van der Waals surface area contributed by atoms with Crippen molar-refractivity contribution in [1.82, 2.24) is 5.32 Å². The molecule has 1 rings (SSSR count). The van der Waals surface area contributed by atoms with Crippen molar-refractivity contribution in [2.75, 3.05) is 6.54 Å². The van der Waals surface area contributed by atoms with E-state index in [9.17, 15) is 9.59 Å². The molecule has 1 heterocycles. The van der Waals surface area contributed by atoms with E-state index in [-0.39, 0.29) is 17.9 Å². The highest BCUT2D eigenvalue weighted by atomic mass is 16.2. The quantitative estimate of drug-likeness (QED) is 0.752. The average Bonchev–Trinajstić information content (AvgIpc) is 2.58. The summed E-state index contributed by atoms with van der Waals surface area (Å²) in [4.78, 5) is 27.0. The Balaban J connectivity index is 2.60. The fraction of sp³-hybridized carbons (Fsp3) is 0.615. The Morgan fingerprint density at radius 1 is 1.59 bits per heavy atom. The molecule has 0 fully saturated rings. The van der Waals surface area contributed by atoms with E-state index in [4.69, 9.17) is 0 Å². The van der Waals surface area contributed by atoms with E-state index in [1.165, 1.54) is 0 Å². The number of aliphatic imine (C=N–C) groups is 1. The van der Waals surface area contributed by atoms with Gasteiger partial charge in [0.05, 0.1) is 12.5 Å². The van der Waals surface area contributed by atoms with Crippen LogP contribution in [0.2, 0.25) is 0 Å². The van der Waals surface area contributed by atoms with Crippen molar-refractivity contribution >= 4 is 17.9 Å². The summed E-state index contributed by atoms with van der Waals surface area (Å²) in [5.41, 5.74) is 1.58. The molecule has 0 spiro atoms. The fourth-order valence-electron chi connectivity index (χ4n) is 1.68. The first-order valence-corrected chi connectivity index (χ1v) is 5.79. The SMILES string of the molecule is CC1=CC([C@H](C=O)CC(=O)NC(C)(C)C)=NC1. The molecule has 0 unspecified atom stereocenters. The summed E-state index contributed by atoms with van der Waals surface area (Å²) in [6, 6.07) is 0. The minimum atomic E-state index is -0.421. The second-order valence-electron chi connectivity index (χ2n) is 5.48. The lowest BCUT2D eigenvalue weighted by Crippen LogP contribution is -2.41. The Hall–Kier alpha value is -1.45. The first kappa shape index (κ1) is 13.6. The molecule has 0 radical (unpaired) electrons. The maximum absolute atomic E-state index is 11.7. The van der Waals surface area contributed by atoms with Gasteiger partial charge in [0.1, 0.15) is 6.29 Å². The number of aldehydes is 1. The third-order valence-electron chi connectivity index (χ3n) is 2.37. The van der Waals surface area contributed by atoms with Gasteiger partial charge in [0, 0.05) is 17.7 Å². The van der Waals surface area contributed by atoms with E-state index in [2.05, 4.69) is 10.3 Å². The number of hydrogen-bond donors (Lipinski definition) is 1. The van der Waals surface area contributed by atoms with Gasteiger partial charge in [-0.2, -0.15) is 0 Å². The van der Waals surface area contributed by atoms with Crippen LogP contribution in [0.1, 0.15) is 34.1 Å². The second-order valence-corrected chi connectivity index (χ2v) is 5.48. The Labute approximate surface area is 102 Å². The summed E-state index contributed by atoms with van der Waals surface area (Å²) < 4.78 is 0. The van der Waals surface area contributed by atoms with Crippen molar-refractivity contribution in [1.29, 1.82) is 0 Å². The lowest BCUT2D eigenvalue weighted by Gasteiger charge is -2.21. The lowest BCUT2D eigenvalue weighted by molar-refractivity contribution is -0.124. The van der Waals surface area contributed by atoms with Crippen LogP contribution in [0.3, 0.4) is 0 Å². The van der Waals surface area contributed by atoms with Gasteiger partial charge in [-0.05, 0) is 33.8 Å². The minimum absolute atomic E-state index is 0.116. The third kappa shape index (κ3) is 4.51. The van der Waals surface area contributed by atoms with Crippen molar-refractivity contribution in [2.24, 2.45) is 10.9 Å². The summed E-state index contributed by atoms with van der Waals surface area (Å²) in [5.74, 6) is -0.537. The molecule has 0 aromatic heterocycles. The highest BCUT2D eigenvalue weighted by molar-refractivity contribution is 6.08. The molecular formula is C13H20N2O2. The fourth-order valence-corrected chi connectivity index (χ4v) is 1.68. The van der Waals surface area contributed by atoms with Crippen LogP contribution in [-0.4, -0.2) is 30.0 Å². The third-order valence-corrected chi connectivity index (χ3v) is 2.37. The molecule has 1 aliphatic rings. The van der Waals surface area contributed by atoms with E-state index in [0.717, 1.165) is 17.6 Å². The van der Waals surface area contributed by atoms with Crippen LogP contribution < -0.4 is 5.32 Å². The van der Waals surface area contributed by atoms with Gasteiger partial charge in [-0.3, -0.25) is 9.79 Å². The van der Waals surface area contributed by atoms with Crippen molar-refractivity contribution in [2.45, 2.75) is 39.7 Å². The monoisotopic (exact) mass is 236 g/mol. The molecule has 1 N–H and O–H groups in total. The summed E-state index contributed by atoms with van der Waals surface area (Å²) in [6.07, 6.45) is 2.86. The predicted octanol–water partition coefficient (Wildman–Crippen LogP) is 1.51. The molecule has 0 bridgehead atoms. The highest BCUT2D eigenvalue weighted by Gasteiger charge is 2.22. The normalized spacial score (nSPS) is 17.2. The molecule has 0 saturated carbocycles. The lowest BCUT2D eigenvalue weighted by atomic mass is 9.99.